The summed E-state index contributed by atoms with van der Waals surface area (Å²) >= 11 is 0. The van der Waals surface area contributed by atoms with E-state index < -0.39 is 0 Å². The molecule has 0 N–H and O–H groups in total. The van der Waals surface area contributed by atoms with Crippen LogP contribution >= 0.6 is 0 Å². The molecule has 0 fully saturated rings. The van der Waals surface area contributed by atoms with Crippen LogP contribution in [0.1, 0.15) is 32.9 Å². The normalized spacial score (nSPS) is 9.00. The minimum absolute atomic E-state index is 1.15. The zero-order chi connectivity index (χ0) is 9.40. The van der Waals surface area contributed by atoms with Gasteiger partial charge in [-0.15, -0.1) is 0 Å². The second-order valence-electron chi connectivity index (χ2n) is 2.55. The molecule has 0 amide bonds. The molecule has 0 spiro atoms. The fourth-order valence-corrected chi connectivity index (χ4v) is 1.23. The standard InChI is InChI=1S/C9H15N.C2H5/c1-3-7-10-8-5-6-9(10)4-2;1-2/h5-6,8H,3-4,7H2,1-2H3;1H2,2H3. The second kappa shape index (κ2) is 6.96. The van der Waals surface area contributed by atoms with E-state index in [4.69, 9.17) is 0 Å². The lowest BCUT2D eigenvalue weighted by atomic mass is 10.3. The molecule has 0 saturated carbocycles. The number of aryl methyl sites for hydroxylation is 2. The number of hydrogen-bond donors (Lipinski definition) is 0. The Kier molecular flexibility index (Phi) is 6.54. The zero-order valence-corrected chi connectivity index (χ0v) is 8.51. The highest BCUT2D eigenvalue weighted by Crippen LogP contribution is 2.03. The Bertz CT molecular complexity index is 189. The summed E-state index contributed by atoms with van der Waals surface area (Å²) in [5.74, 6) is 0. The van der Waals surface area contributed by atoms with E-state index in [0.29, 0.717) is 0 Å². The summed E-state index contributed by atoms with van der Waals surface area (Å²) in [5.41, 5.74) is 1.45. The largest absolute Gasteiger partial charge is 0.351 e. The Morgan fingerprint density at radius 1 is 1.33 bits per heavy atom. The third-order valence-electron chi connectivity index (χ3n) is 1.75. The summed E-state index contributed by atoms with van der Waals surface area (Å²) in [6.45, 7) is 10.6. The van der Waals surface area contributed by atoms with Crippen LogP contribution in [0.5, 0.6) is 0 Å². The highest BCUT2D eigenvalue weighted by molar-refractivity contribution is 5.06. The van der Waals surface area contributed by atoms with Gasteiger partial charge in [-0.05, 0) is 25.0 Å². The molecular weight excluding hydrogens is 146 g/mol. The van der Waals surface area contributed by atoms with Crippen LogP contribution in [0, 0.1) is 6.92 Å². The number of hydrogen-bond acceptors (Lipinski definition) is 0. The predicted octanol–water partition coefficient (Wildman–Crippen LogP) is 3.30. The molecule has 1 radical (unpaired) electrons. The van der Waals surface area contributed by atoms with Gasteiger partial charge in [-0.3, -0.25) is 0 Å². The van der Waals surface area contributed by atoms with Crippen molar-refractivity contribution in [3.8, 4) is 0 Å². The zero-order valence-electron chi connectivity index (χ0n) is 8.51. The third-order valence-corrected chi connectivity index (χ3v) is 1.75. The van der Waals surface area contributed by atoms with Crippen LogP contribution in [0.15, 0.2) is 18.3 Å². The van der Waals surface area contributed by atoms with E-state index in [1.807, 2.05) is 0 Å². The summed E-state index contributed by atoms with van der Waals surface area (Å²) in [6, 6.07) is 4.31. The van der Waals surface area contributed by atoms with Crippen molar-refractivity contribution in [2.75, 3.05) is 0 Å². The summed E-state index contributed by atoms with van der Waals surface area (Å²) in [4.78, 5) is 0. The Morgan fingerprint density at radius 3 is 2.50 bits per heavy atom. The van der Waals surface area contributed by atoms with Crippen molar-refractivity contribution in [2.45, 2.75) is 40.2 Å². The first-order chi connectivity index (χ1) is 5.88. The molecule has 1 rings (SSSR count). The van der Waals surface area contributed by atoms with Gasteiger partial charge < -0.3 is 4.57 Å². The predicted molar refractivity (Wildman–Crippen MR) is 55.1 cm³/mol. The molecule has 0 aliphatic heterocycles. The smallest absolute Gasteiger partial charge is 0.0219 e. The lowest BCUT2D eigenvalue weighted by Crippen LogP contribution is -1.98. The number of rotatable bonds is 3. The molecule has 0 aromatic carbocycles. The van der Waals surface area contributed by atoms with E-state index in [1.54, 1.807) is 6.92 Å². The molecule has 12 heavy (non-hydrogen) atoms. The minimum atomic E-state index is 1.15. The van der Waals surface area contributed by atoms with Gasteiger partial charge in [0.1, 0.15) is 0 Å². The Morgan fingerprint density at radius 2 is 2.00 bits per heavy atom. The van der Waals surface area contributed by atoms with Gasteiger partial charge in [0.2, 0.25) is 0 Å². The van der Waals surface area contributed by atoms with E-state index >= 15 is 0 Å². The Balaban J connectivity index is 0.000000561. The molecule has 0 aliphatic rings. The molecular formula is C11H20N. The van der Waals surface area contributed by atoms with Crippen LogP contribution in [-0.4, -0.2) is 4.57 Å². The van der Waals surface area contributed by atoms with Gasteiger partial charge in [-0.25, -0.2) is 0 Å². The van der Waals surface area contributed by atoms with Gasteiger partial charge in [0.05, 0.1) is 0 Å². The van der Waals surface area contributed by atoms with E-state index in [0.717, 1.165) is 13.0 Å². The highest BCUT2D eigenvalue weighted by Gasteiger charge is 1.94. The Labute approximate surface area is 76.4 Å². The molecule has 0 aliphatic carbocycles. The fraction of sp³-hybridized carbons (Fsp3) is 0.545. The maximum Gasteiger partial charge on any atom is 0.0219 e. The quantitative estimate of drug-likeness (QED) is 0.649. The van der Waals surface area contributed by atoms with Crippen LogP contribution in [0.2, 0.25) is 0 Å². The molecule has 1 aromatic rings. The average molecular weight is 166 g/mol. The fourth-order valence-electron chi connectivity index (χ4n) is 1.23. The molecule has 0 atom stereocenters. The molecule has 1 aromatic heterocycles. The van der Waals surface area contributed by atoms with Crippen LogP contribution in [0.4, 0.5) is 0 Å². The van der Waals surface area contributed by atoms with Crippen LogP contribution < -0.4 is 0 Å². The maximum absolute atomic E-state index is 3.25. The second-order valence-corrected chi connectivity index (χ2v) is 2.55. The van der Waals surface area contributed by atoms with E-state index in [1.165, 1.54) is 12.1 Å². The van der Waals surface area contributed by atoms with E-state index in [-0.39, 0.29) is 0 Å². The average Bonchev–Trinajstić information content (AvgIpc) is 2.56. The van der Waals surface area contributed by atoms with Crippen LogP contribution in [-0.2, 0) is 13.0 Å². The molecule has 69 valence electrons. The van der Waals surface area contributed by atoms with Gasteiger partial charge in [-0.2, -0.15) is 0 Å². The van der Waals surface area contributed by atoms with Crippen molar-refractivity contribution in [1.82, 2.24) is 4.57 Å². The lowest BCUT2D eigenvalue weighted by molar-refractivity contribution is 0.653. The highest BCUT2D eigenvalue weighted by atomic mass is 15.0. The van der Waals surface area contributed by atoms with E-state index in [2.05, 4.69) is 43.7 Å². The summed E-state index contributed by atoms with van der Waals surface area (Å²) in [5, 5.41) is 0. The summed E-state index contributed by atoms with van der Waals surface area (Å²) in [7, 11) is 0. The summed E-state index contributed by atoms with van der Waals surface area (Å²) < 4.78 is 2.32. The SMILES string of the molecule is CCCn1cccc1CC.[CH2]C. The number of nitrogens with zero attached hydrogens (tertiary/aromatic N) is 1. The van der Waals surface area contributed by atoms with Crippen molar-refractivity contribution in [3.05, 3.63) is 30.9 Å². The first-order valence-corrected chi connectivity index (χ1v) is 4.73. The van der Waals surface area contributed by atoms with Crippen molar-refractivity contribution < 1.29 is 0 Å². The molecule has 1 heterocycles. The molecule has 0 bridgehead atoms. The van der Waals surface area contributed by atoms with Gasteiger partial charge in [0.15, 0.2) is 0 Å². The monoisotopic (exact) mass is 166 g/mol. The third kappa shape index (κ3) is 3.12. The van der Waals surface area contributed by atoms with Gasteiger partial charge in [-0.1, -0.05) is 27.7 Å². The first-order valence-electron chi connectivity index (χ1n) is 4.73. The van der Waals surface area contributed by atoms with Crippen molar-refractivity contribution in [3.63, 3.8) is 0 Å². The van der Waals surface area contributed by atoms with Gasteiger partial charge in [0.25, 0.3) is 0 Å². The molecule has 1 nitrogen and oxygen atoms in total. The lowest BCUT2D eigenvalue weighted by Gasteiger charge is -2.03. The van der Waals surface area contributed by atoms with E-state index in [9.17, 15) is 0 Å². The van der Waals surface area contributed by atoms with Crippen molar-refractivity contribution in [2.24, 2.45) is 0 Å². The van der Waals surface area contributed by atoms with Gasteiger partial charge in [0, 0.05) is 18.4 Å². The van der Waals surface area contributed by atoms with Crippen LogP contribution in [0.25, 0.3) is 0 Å². The van der Waals surface area contributed by atoms with Gasteiger partial charge >= 0.3 is 0 Å². The van der Waals surface area contributed by atoms with Crippen molar-refractivity contribution >= 4 is 0 Å². The molecule has 0 saturated heterocycles. The maximum atomic E-state index is 3.25. The topological polar surface area (TPSA) is 4.93 Å². The van der Waals surface area contributed by atoms with Crippen LogP contribution in [0.3, 0.4) is 0 Å². The summed E-state index contributed by atoms with van der Waals surface area (Å²) in [6.07, 6.45) is 4.52. The Hall–Kier alpha value is -0.720. The first kappa shape index (κ1) is 11.3. The molecule has 0 unspecified atom stereocenters. The minimum Gasteiger partial charge on any atom is -0.351 e. The number of aromatic nitrogens is 1. The van der Waals surface area contributed by atoms with Crippen molar-refractivity contribution in [1.29, 1.82) is 0 Å². The molecule has 1 heteroatoms.